The molecule has 1 aromatic heterocycles. The molecule has 3 heterocycles. The largest absolute Gasteiger partial charge is 0.494 e. The number of ether oxygens (including phenoxy) is 3. The smallest absolute Gasteiger partial charge is 0.413 e. The van der Waals surface area contributed by atoms with E-state index < -0.39 is 6.09 Å². The molecule has 7 heteroatoms. The molecule has 0 spiro atoms. The molecule has 0 atom stereocenters. The first kappa shape index (κ1) is 22.8. The van der Waals surface area contributed by atoms with E-state index in [1.54, 1.807) is 6.07 Å². The fourth-order valence-corrected chi connectivity index (χ4v) is 4.44. The van der Waals surface area contributed by atoms with Gasteiger partial charge in [0, 0.05) is 37.8 Å². The van der Waals surface area contributed by atoms with E-state index in [4.69, 9.17) is 14.2 Å². The van der Waals surface area contributed by atoms with Gasteiger partial charge < -0.3 is 24.4 Å². The number of carbonyl (C=O) groups excluding carboxylic acids is 1. The lowest BCUT2D eigenvalue weighted by atomic mass is 9.97. The van der Waals surface area contributed by atoms with Crippen molar-refractivity contribution in [1.29, 1.82) is 0 Å². The Morgan fingerprint density at radius 2 is 1.97 bits per heavy atom. The van der Waals surface area contributed by atoms with Crippen LogP contribution in [0.5, 0.6) is 11.6 Å². The molecule has 0 unspecified atom stereocenters. The summed E-state index contributed by atoms with van der Waals surface area (Å²) in [5.74, 6) is 1.76. The Balaban J connectivity index is 1.20. The number of pyridine rings is 1. The van der Waals surface area contributed by atoms with Crippen molar-refractivity contribution in [2.24, 2.45) is 5.92 Å². The third-order valence-electron chi connectivity index (χ3n) is 6.33. The van der Waals surface area contributed by atoms with Gasteiger partial charge in [0.1, 0.15) is 5.75 Å². The van der Waals surface area contributed by atoms with Gasteiger partial charge in [-0.2, -0.15) is 0 Å². The summed E-state index contributed by atoms with van der Waals surface area (Å²) in [6.45, 7) is 6.51. The van der Waals surface area contributed by atoms with E-state index in [0.29, 0.717) is 24.9 Å². The molecule has 0 aliphatic carbocycles. The number of nitrogens with zero attached hydrogens (tertiary/aromatic N) is 2. The predicted molar refractivity (Wildman–Crippen MR) is 124 cm³/mol. The fraction of sp³-hybridized carbons (Fsp3) is 0.600. The van der Waals surface area contributed by atoms with Gasteiger partial charge in [0.15, 0.2) is 0 Å². The van der Waals surface area contributed by atoms with E-state index in [-0.39, 0.29) is 0 Å². The van der Waals surface area contributed by atoms with Crippen LogP contribution in [0.25, 0.3) is 10.9 Å². The Morgan fingerprint density at radius 1 is 1.12 bits per heavy atom. The highest BCUT2D eigenvalue weighted by Crippen LogP contribution is 2.22. The Kier molecular flexibility index (Phi) is 8.56. The van der Waals surface area contributed by atoms with Crippen LogP contribution in [0.4, 0.5) is 4.79 Å². The summed E-state index contributed by atoms with van der Waals surface area (Å²) in [5.41, 5.74) is 0.776. The Morgan fingerprint density at radius 3 is 2.81 bits per heavy atom. The van der Waals surface area contributed by atoms with Crippen LogP contribution < -0.4 is 14.8 Å². The van der Waals surface area contributed by atoms with E-state index in [0.717, 1.165) is 62.1 Å². The summed E-state index contributed by atoms with van der Waals surface area (Å²) in [4.78, 5) is 19.1. The van der Waals surface area contributed by atoms with Crippen molar-refractivity contribution < 1.29 is 19.0 Å². The minimum atomic E-state index is -0.461. The molecule has 2 saturated heterocycles. The van der Waals surface area contributed by atoms with E-state index in [1.807, 2.05) is 24.3 Å². The highest BCUT2D eigenvalue weighted by atomic mass is 16.6. The second-order valence-corrected chi connectivity index (χ2v) is 8.77. The Hall–Kier alpha value is -2.38. The van der Waals surface area contributed by atoms with Gasteiger partial charge >= 0.3 is 6.09 Å². The molecule has 7 nitrogen and oxygen atoms in total. The third-order valence-corrected chi connectivity index (χ3v) is 6.33. The standard InChI is InChI=1S/C25H35N3O4/c29-25(26-12-9-20-10-17-30-18-11-20)32-24-8-5-21-19-22(6-7-23(21)27-24)31-16-4-15-28-13-2-1-3-14-28/h5-8,19-20H,1-4,9-18H2,(H,26,29). The molecule has 4 rings (SSSR count). The van der Waals surface area contributed by atoms with Crippen LogP contribution in [0.2, 0.25) is 0 Å². The maximum Gasteiger partial charge on any atom is 0.413 e. The van der Waals surface area contributed by atoms with Crippen LogP contribution >= 0.6 is 0 Å². The lowest BCUT2D eigenvalue weighted by Crippen LogP contribution is -2.31. The van der Waals surface area contributed by atoms with Crippen molar-refractivity contribution in [2.45, 2.75) is 44.9 Å². The summed E-state index contributed by atoms with van der Waals surface area (Å²) in [5, 5.41) is 3.79. The molecule has 32 heavy (non-hydrogen) atoms. The van der Waals surface area contributed by atoms with Crippen LogP contribution in [-0.2, 0) is 4.74 Å². The summed E-state index contributed by atoms with van der Waals surface area (Å²) >= 11 is 0. The molecule has 2 fully saturated rings. The molecule has 0 radical (unpaired) electrons. The number of likely N-dealkylation sites (tertiary alicyclic amines) is 1. The van der Waals surface area contributed by atoms with Gasteiger partial charge in [-0.25, -0.2) is 9.78 Å². The van der Waals surface area contributed by atoms with Gasteiger partial charge in [-0.05, 0) is 81.8 Å². The maximum atomic E-state index is 12.1. The third kappa shape index (κ3) is 7.07. The summed E-state index contributed by atoms with van der Waals surface area (Å²) < 4.78 is 16.7. The van der Waals surface area contributed by atoms with Crippen molar-refractivity contribution in [1.82, 2.24) is 15.2 Å². The lowest BCUT2D eigenvalue weighted by Gasteiger charge is -2.26. The van der Waals surface area contributed by atoms with Gasteiger partial charge in [-0.3, -0.25) is 0 Å². The minimum absolute atomic E-state index is 0.302. The number of carbonyl (C=O) groups is 1. The molecule has 0 saturated carbocycles. The van der Waals surface area contributed by atoms with Crippen LogP contribution in [0.15, 0.2) is 30.3 Å². The number of nitrogens with one attached hydrogen (secondary N) is 1. The number of piperidine rings is 1. The van der Waals surface area contributed by atoms with Crippen LogP contribution in [0.3, 0.4) is 0 Å². The lowest BCUT2D eigenvalue weighted by molar-refractivity contribution is 0.0640. The number of aromatic nitrogens is 1. The molecule has 0 bridgehead atoms. The molecular formula is C25H35N3O4. The average Bonchev–Trinajstić information content (AvgIpc) is 2.83. The molecule has 1 N–H and O–H groups in total. The zero-order valence-corrected chi connectivity index (χ0v) is 18.9. The topological polar surface area (TPSA) is 72.9 Å². The summed E-state index contributed by atoms with van der Waals surface area (Å²) in [7, 11) is 0. The Labute approximate surface area is 190 Å². The Bertz CT molecular complexity index is 863. The normalized spacial score (nSPS) is 17.9. The minimum Gasteiger partial charge on any atom is -0.494 e. The second kappa shape index (κ2) is 12.0. The van der Waals surface area contributed by atoms with Gasteiger partial charge in [-0.15, -0.1) is 0 Å². The fourth-order valence-electron chi connectivity index (χ4n) is 4.44. The number of benzene rings is 1. The van der Waals surface area contributed by atoms with Crippen molar-refractivity contribution in [3.63, 3.8) is 0 Å². The highest BCUT2D eigenvalue weighted by Gasteiger charge is 2.14. The number of amides is 1. The molecule has 2 aliphatic rings. The molecular weight excluding hydrogens is 406 g/mol. The second-order valence-electron chi connectivity index (χ2n) is 8.77. The average molecular weight is 442 g/mol. The van der Waals surface area contributed by atoms with Crippen LogP contribution in [0, 0.1) is 5.92 Å². The van der Waals surface area contributed by atoms with Gasteiger partial charge in [-0.1, -0.05) is 6.42 Å². The molecule has 2 aromatic rings. The molecule has 1 amide bonds. The maximum absolute atomic E-state index is 12.1. The molecule has 174 valence electrons. The van der Waals surface area contributed by atoms with Gasteiger partial charge in [0.05, 0.1) is 12.1 Å². The predicted octanol–water partition coefficient (Wildman–Crippen LogP) is 4.39. The number of hydrogen-bond donors (Lipinski definition) is 1. The quantitative estimate of drug-likeness (QED) is 0.582. The van der Waals surface area contributed by atoms with E-state index in [2.05, 4.69) is 15.2 Å². The van der Waals surface area contributed by atoms with Crippen molar-refractivity contribution in [3.05, 3.63) is 30.3 Å². The number of rotatable bonds is 9. The zero-order valence-electron chi connectivity index (χ0n) is 18.9. The van der Waals surface area contributed by atoms with Crippen LogP contribution in [0.1, 0.15) is 44.9 Å². The van der Waals surface area contributed by atoms with Crippen molar-refractivity contribution in [2.75, 3.05) is 46.0 Å². The monoisotopic (exact) mass is 441 g/mol. The van der Waals surface area contributed by atoms with Crippen LogP contribution in [-0.4, -0.2) is 62.0 Å². The van der Waals surface area contributed by atoms with Gasteiger partial charge in [0.25, 0.3) is 0 Å². The highest BCUT2D eigenvalue weighted by molar-refractivity contribution is 5.81. The number of fused-ring (bicyclic) bond motifs is 1. The van der Waals surface area contributed by atoms with E-state index in [1.165, 1.54) is 32.4 Å². The summed E-state index contributed by atoms with van der Waals surface area (Å²) in [6, 6.07) is 9.45. The SMILES string of the molecule is O=C(NCCC1CCOCC1)Oc1ccc2cc(OCCCN3CCCCC3)ccc2n1. The van der Waals surface area contributed by atoms with E-state index in [9.17, 15) is 4.79 Å². The van der Waals surface area contributed by atoms with Gasteiger partial charge in [0.2, 0.25) is 5.88 Å². The molecule has 1 aromatic carbocycles. The first-order chi connectivity index (χ1) is 15.8. The van der Waals surface area contributed by atoms with Crippen molar-refractivity contribution >= 4 is 17.0 Å². The number of hydrogen-bond acceptors (Lipinski definition) is 6. The first-order valence-corrected chi connectivity index (χ1v) is 12.1. The molecule has 2 aliphatic heterocycles. The van der Waals surface area contributed by atoms with E-state index >= 15 is 0 Å². The van der Waals surface area contributed by atoms with Crippen molar-refractivity contribution in [3.8, 4) is 11.6 Å². The zero-order chi connectivity index (χ0) is 22.0. The first-order valence-electron chi connectivity index (χ1n) is 12.1. The summed E-state index contributed by atoms with van der Waals surface area (Å²) in [6.07, 6.45) is 7.66.